The fraction of sp³-hybridized carbons (Fsp3) is 0.200. The SMILES string of the molecule is COc1cc(CC(=O)O)c(C=O)cc1O. The van der Waals surface area contributed by atoms with Crippen LogP contribution in [0.1, 0.15) is 15.9 Å². The van der Waals surface area contributed by atoms with Crippen molar-refractivity contribution in [1.29, 1.82) is 0 Å². The lowest BCUT2D eigenvalue weighted by Gasteiger charge is -2.07. The molecule has 5 nitrogen and oxygen atoms in total. The van der Waals surface area contributed by atoms with Crippen LogP contribution in [0.3, 0.4) is 0 Å². The molecule has 0 unspecified atom stereocenters. The molecule has 0 bridgehead atoms. The zero-order valence-electron chi connectivity index (χ0n) is 8.06. The third kappa shape index (κ3) is 2.46. The smallest absolute Gasteiger partial charge is 0.307 e. The van der Waals surface area contributed by atoms with Crippen molar-refractivity contribution in [2.75, 3.05) is 7.11 Å². The van der Waals surface area contributed by atoms with E-state index in [1.54, 1.807) is 0 Å². The molecule has 0 spiro atoms. The number of phenolic OH excluding ortho intramolecular Hbond substituents is 1. The van der Waals surface area contributed by atoms with Crippen molar-refractivity contribution in [3.8, 4) is 11.5 Å². The van der Waals surface area contributed by atoms with Crippen LogP contribution in [-0.4, -0.2) is 29.6 Å². The minimum Gasteiger partial charge on any atom is -0.504 e. The lowest BCUT2D eigenvalue weighted by Crippen LogP contribution is -2.03. The summed E-state index contributed by atoms with van der Waals surface area (Å²) in [6, 6.07) is 2.53. The highest BCUT2D eigenvalue weighted by Gasteiger charge is 2.11. The Bertz CT molecular complexity index is 397. The number of carboxylic acids is 1. The highest BCUT2D eigenvalue weighted by molar-refractivity contribution is 5.82. The van der Waals surface area contributed by atoms with E-state index in [0.717, 1.165) is 0 Å². The van der Waals surface area contributed by atoms with Crippen LogP contribution in [0.15, 0.2) is 12.1 Å². The molecule has 0 heterocycles. The molecule has 2 N–H and O–H groups in total. The van der Waals surface area contributed by atoms with E-state index in [0.29, 0.717) is 11.8 Å². The van der Waals surface area contributed by atoms with Crippen LogP contribution in [0.4, 0.5) is 0 Å². The number of aldehydes is 1. The first-order valence-corrected chi connectivity index (χ1v) is 4.15. The second-order valence-corrected chi connectivity index (χ2v) is 2.91. The molecule has 0 saturated carbocycles. The number of phenols is 1. The van der Waals surface area contributed by atoms with Gasteiger partial charge in [0.15, 0.2) is 11.5 Å². The fourth-order valence-electron chi connectivity index (χ4n) is 1.22. The number of carboxylic acid groups (broad SMARTS) is 1. The van der Waals surface area contributed by atoms with Gasteiger partial charge in [0.2, 0.25) is 0 Å². The third-order valence-corrected chi connectivity index (χ3v) is 1.91. The molecule has 0 aromatic heterocycles. The van der Waals surface area contributed by atoms with Crippen molar-refractivity contribution >= 4 is 12.3 Å². The first-order chi connectivity index (χ1) is 7.08. The molecule has 0 saturated heterocycles. The van der Waals surface area contributed by atoms with Gasteiger partial charge < -0.3 is 14.9 Å². The predicted molar refractivity (Wildman–Crippen MR) is 51.4 cm³/mol. The van der Waals surface area contributed by atoms with Crippen LogP contribution in [0.2, 0.25) is 0 Å². The van der Waals surface area contributed by atoms with Gasteiger partial charge in [0, 0.05) is 5.56 Å². The topological polar surface area (TPSA) is 83.8 Å². The van der Waals surface area contributed by atoms with Crippen LogP contribution < -0.4 is 4.74 Å². The molecule has 0 aliphatic carbocycles. The molecule has 1 rings (SSSR count). The van der Waals surface area contributed by atoms with E-state index >= 15 is 0 Å². The first kappa shape index (κ1) is 11.0. The Kier molecular flexibility index (Phi) is 3.28. The summed E-state index contributed by atoms with van der Waals surface area (Å²) >= 11 is 0. The summed E-state index contributed by atoms with van der Waals surface area (Å²) in [4.78, 5) is 21.1. The predicted octanol–water partition coefficient (Wildman–Crippen LogP) is 0.840. The van der Waals surface area contributed by atoms with Crippen molar-refractivity contribution in [3.05, 3.63) is 23.3 Å². The van der Waals surface area contributed by atoms with Crippen molar-refractivity contribution in [2.45, 2.75) is 6.42 Å². The van der Waals surface area contributed by atoms with Gasteiger partial charge in [-0.3, -0.25) is 9.59 Å². The molecule has 80 valence electrons. The van der Waals surface area contributed by atoms with E-state index < -0.39 is 5.97 Å². The molecule has 0 fully saturated rings. The lowest BCUT2D eigenvalue weighted by molar-refractivity contribution is -0.136. The van der Waals surface area contributed by atoms with E-state index in [1.807, 2.05) is 0 Å². The van der Waals surface area contributed by atoms with Gasteiger partial charge in [-0.25, -0.2) is 0 Å². The number of ether oxygens (including phenoxy) is 1. The summed E-state index contributed by atoms with van der Waals surface area (Å²) in [5.74, 6) is -1.09. The van der Waals surface area contributed by atoms with Crippen LogP contribution >= 0.6 is 0 Å². The Morgan fingerprint density at radius 1 is 1.53 bits per heavy atom. The summed E-state index contributed by atoms with van der Waals surface area (Å²) in [6.45, 7) is 0. The first-order valence-electron chi connectivity index (χ1n) is 4.15. The molecular weight excluding hydrogens is 200 g/mol. The van der Waals surface area contributed by atoms with Gasteiger partial charge in [-0.05, 0) is 17.7 Å². The van der Waals surface area contributed by atoms with Gasteiger partial charge in [-0.1, -0.05) is 0 Å². The zero-order valence-corrected chi connectivity index (χ0v) is 8.06. The van der Waals surface area contributed by atoms with Crippen molar-refractivity contribution < 1.29 is 24.5 Å². The highest BCUT2D eigenvalue weighted by Crippen LogP contribution is 2.28. The number of hydrogen-bond donors (Lipinski definition) is 2. The van der Waals surface area contributed by atoms with E-state index in [1.165, 1.54) is 19.2 Å². The number of aromatic hydroxyl groups is 1. The maximum atomic E-state index is 10.6. The summed E-state index contributed by atoms with van der Waals surface area (Å²) in [5.41, 5.74) is 0.461. The van der Waals surface area contributed by atoms with Gasteiger partial charge in [0.05, 0.1) is 13.5 Å². The number of aliphatic carboxylic acids is 1. The quantitative estimate of drug-likeness (QED) is 0.719. The molecule has 1 aromatic rings. The standard InChI is InChI=1S/C10H10O5/c1-15-9-3-6(4-10(13)14)7(5-11)2-8(9)12/h2-3,5,12H,4H2,1H3,(H,13,14). The fourth-order valence-corrected chi connectivity index (χ4v) is 1.22. The summed E-state index contributed by atoms with van der Waals surface area (Å²) in [5, 5.41) is 18.0. The minimum atomic E-state index is -1.05. The zero-order chi connectivity index (χ0) is 11.4. The van der Waals surface area contributed by atoms with Crippen LogP contribution in [0.5, 0.6) is 11.5 Å². The maximum Gasteiger partial charge on any atom is 0.307 e. The van der Waals surface area contributed by atoms with Crippen LogP contribution in [-0.2, 0) is 11.2 Å². The van der Waals surface area contributed by atoms with Crippen molar-refractivity contribution in [1.82, 2.24) is 0 Å². The number of methoxy groups -OCH3 is 1. The third-order valence-electron chi connectivity index (χ3n) is 1.91. The Morgan fingerprint density at radius 2 is 2.20 bits per heavy atom. The van der Waals surface area contributed by atoms with E-state index in [4.69, 9.17) is 9.84 Å². The minimum absolute atomic E-state index is 0.149. The molecule has 0 amide bonds. The summed E-state index contributed by atoms with van der Waals surface area (Å²) in [7, 11) is 1.35. The van der Waals surface area contributed by atoms with Crippen LogP contribution in [0.25, 0.3) is 0 Å². The second kappa shape index (κ2) is 4.45. The molecular formula is C10H10O5. The van der Waals surface area contributed by atoms with Gasteiger partial charge >= 0.3 is 5.97 Å². The Labute approximate surface area is 85.9 Å². The van der Waals surface area contributed by atoms with E-state index in [-0.39, 0.29) is 23.5 Å². The summed E-state index contributed by atoms with van der Waals surface area (Å²) in [6.07, 6.45) is 0.210. The highest BCUT2D eigenvalue weighted by atomic mass is 16.5. The van der Waals surface area contributed by atoms with Crippen molar-refractivity contribution in [3.63, 3.8) is 0 Å². The van der Waals surface area contributed by atoms with Crippen molar-refractivity contribution in [2.24, 2.45) is 0 Å². The molecule has 15 heavy (non-hydrogen) atoms. The Balaban J connectivity index is 3.21. The molecule has 0 aliphatic heterocycles. The van der Waals surface area contributed by atoms with E-state index in [2.05, 4.69) is 0 Å². The summed E-state index contributed by atoms with van der Waals surface area (Å²) < 4.78 is 4.81. The number of rotatable bonds is 4. The molecule has 0 aliphatic rings. The maximum absolute atomic E-state index is 10.6. The number of hydrogen-bond acceptors (Lipinski definition) is 4. The Hall–Kier alpha value is -2.04. The molecule has 5 heteroatoms. The van der Waals surface area contributed by atoms with Gasteiger partial charge in [-0.2, -0.15) is 0 Å². The van der Waals surface area contributed by atoms with E-state index in [9.17, 15) is 14.7 Å². The largest absolute Gasteiger partial charge is 0.504 e. The molecule has 0 radical (unpaired) electrons. The number of carbonyl (C=O) groups excluding carboxylic acids is 1. The normalized spacial score (nSPS) is 9.67. The molecule has 0 atom stereocenters. The number of carbonyl (C=O) groups is 2. The van der Waals surface area contributed by atoms with Gasteiger partial charge in [0.1, 0.15) is 6.29 Å². The lowest BCUT2D eigenvalue weighted by atomic mass is 10.0. The van der Waals surface area contributed by atoms with Gasteiger partial charge in [0.25, 0.3) is 0 Å². The van der Waals surface area contributed by atoms with Gasteiger partial charge in [-0.15, -0.1) is 0 Å². The molecule has 1 aromatic carbocycles. The second-order valence-electron chi connectivity index (χ2n) is 2.91. The van der Waals surface area contributed by atoms with Crippen LogP contribution in [0, 0.1) is 0 Å². The average molecular weight is 210 g/mol. The average Bonchev–Trinajstić information content (AvgIpc) is 2.19. The Morgan fingerprint density at radius 3 is 2.67 bits per heavy atom. The monoisotopic (exact) mass is 210 g/mol. The number of benzene rings is 1.